The second-order valence-electron chi connectivity index (χ2n) is 5.20. The monoisotopic (exact) mass is 285 g/mol. The Morgan fingerprint density at radius 2 is 2.21 bits per heavy atom. The fourth-order valence-electron chi connectivity index (χ4n) is 2.94. The molecule has 2 fully saturated rings. The minimum absolute atomic E-state index is 0.101. The highest BCUT2D eigenvalue weighted by Crippen LogP contribution is 2.35. The minimum Gasteiger partial charge on any atom is -0.468 e. The van der Waals surface area contributed by atoms with Crippen LogP contribution in [-0.2, 0) is 14.8 Å². The Balaban J connectivity index is 1.75. The number of rotatable bonds is 4. The summed E-state index contributed by atoms with van der Waals surface area (Å²) < 4.78 is 37.4. The maximum Gasteiger partial charge on any atom is 0.217 e. The number of ether oxygens (including phenoxy) is 1. The van der Waals surface area contributed by atoms with Crippen LogP contribution in [0.15, 0.2) is 22.8 Å². The topological polar surface area (TPSA) is 59.8 Å². The molecule has 0 N–H and O–H groups in total. The van der Waals surface area contributed by atoms with Crippen molar-refractivity contribution in [3.63, 3.8) is 0 Å². The zero-order valence-electron chi connectivity index (χ0n) is 10.8. The third-order valence-corrected chi connectivity index (χ3v) is 5.80. The predicted octanol–water partition coefficient (Wildman–Crippen LogP) is 1.93. The molecular weight excluding hydrogens is 266 g/mol. The summed E-state index contributed by atoms with van der Waals surface area (Å²) >= 11 is 0. The molecule has 2 aliphatic rings. The highest BCUT2D eigenvalue weighted by atomic mass is 32.2. The van der Waals surface area contributed by atoms with Crippen LogP contribution in [0, 0.1) is 0 Å². The van der Waals surface area contributed by atoms with Crippen molar-refractivity contribution in [2.45, 2.75) is 37.8 Å². The first kappa shape index (κ1) is 13.1. The van der Waals surface area contributed by atoms with Crippen LogP contribution >= 0.6 is 0 Å². The summed E-state index contributed by atoms with van der Waals surface area (Å²) in [6, 6.07) is 3.52. The molecule has 0 amide bonds. The van der Waals surface area contributed by atoms with Gasteiger partial charge in [-0.3, -0.25) is 0 Å². The van der Waals surface area contributed by atoms with Crippen LogP contribution in [0.3, 0.4) is 0 Å². The van der Waals surface area contributed by atoms with E-state index in [-0.39, 0.29) is 17.9 Å². The average molecular weight is 285 g/mol. The van der Waals surface area contributed by atoms with Crippen molar-refractivity contribution in [1.29, 1.82) is 0 Å². The molecule has 1 aromatic rings. The lowest BCUT2D eigenvalue weighted by molar-refractivity contribution is 0.126. The lowest BCUT2D eigenvalue weighted by Gasteiger charge is -2.24. The third-order valence-electron chi connectivity index (χ3n) is 3.85. The molecule has 2 atom stereocenters. The standard InChI is InChI=1S/C13H19NO4S/c15-19(16,10-11-4-2-8-17-11)14-7-1-5-12(14)13-6-3-9-18-13/h3,6,9,11-12H,1-2,4-5,7-8,10H2. The SMILES string of the molecule is O=S(=O)(CC1CCCO1)N1CCCC1c1ccco1. The molecule has 0 radical (unpaired) electrons. The van der Waals surface area contributed by atoms with Gasteiger partial charge < -0.3 is 9.15 Å². The van der Waals surface area contributed by atoms with Crippen molar-refractivity contribution in [2.75, 3.05) is 18.9 Å². The summed E-state index contributed by atoms with van der Waals surface area (Å²) in [7, 11) is -3.27. The van der Waals surface area contributed by atoms with Crippen molar-refractivity contribution in [1.82, 2.24) is 4.31 Å². The number of hydrogen-bond acceptors (Lipinski definition) is 4. The third kappa shape index (κ3) is 2.70. The van der Waals surface area contributed by atoms with Gasteiger partial charge in [-0.1, -0.05) is 0 Å². The molecule has 6 heteroatoms. The number of sulfonamides is 1. The van der Waals surface area contributed by atoms with E-state index in [1.54, 1.807) is 16.6 Å². The largest absolute Gasteiger partial charge is 0.468 e. The smallest absolute Gasteiger partial charge is 0.217 e. The number of nitrogens with zero attached hydrogens (tertiary/aromatic N) is 1. The molecule has 2 saturated heterocycles. The summed E-state index contributed by atoms with van der Waals surface area (Å²) in [5.74, 6) is 0.845. The van der Waals surface area contributed by atoms with Gasteiger partial charge >= 0.3 is 0 Å². The van der Waals surface area contributed by atoms with Crippen LogP contribution in [-0.4, -0.2) is 37.7 Å². The Bertz CT molecular complexity index is 505. The Morgan fingerprint density at radius 3 is 2.89 bits per heavy atom. The molecule has 0 spiro atoms. The Hall–Kier alpha value is -0.850. The Labute approximate surface area is 113 Å². The molecule has 0 aliphatic carbocycles. The van der Waals surface area contributed by atoms with Gasteiger partial charge in [0, 0.05) is 13.2 Å². The molecule has 19 heavy (non-hydrogen) atoms. The van der Waals surface area contributed by atoms with Crippen LogP contribution in [0.2, 0.25) is 0 Å². The molecule has 0 aromatic carbocycles. The second kappa shape index (κ2) is 5.26. The van der Waals surface area contributed by atoms with Gasteiger partial charge in [-0.15, -0.1) is 0 Å². The van der Waals surface area contributed by atoms with Gasteiger partial charge in [-0.05, 0) is 37.8 Å². The van der Waals surface area contributed by atoms with Crippen molar-refractivity contribution in [2.24, 2.45) is 0 Å². The zero-order chi connectivity index (χ0) is 13.3. The van der Waals surface area contributed by atoms with Gasteiger partial charge in [0.05, 0.1) is 24.2 Å². The highest BCUT2D eigenvalue weighted by Gasteiger charge is 2.38. The first-order chi connectivity index (χ1) is 9.17. The van der Waals surface area contributed by atoms with Gasteiger partial charge in [0.25, 0.3) is 0 Å². The van der Waals surface area contributed by atoms with Crippen molar-refractivity contribution in [3.05, 3.63) is 24.2 Å². The Morgan fingerprint density at radius 1 is 1.32 bits per heavy atom. The van der Waals surface area contributed by atoms with E-state index in [9.17, 15) is 8.42 Å². The fraction of sp³-hybridized carbons (Fsp3) is 0.692. The van der Waals surface area contributed by atoms with Crippen LogP contribution in [0.5, 0.6) is 0 Å². The van der Waals surface area contributed by atoms with Gasteiger partial charge in [0.15, 0.2) is 0 Å². The van der Waals surface area contributed by atoms with E-state index in [4.69, 9.17) is 9.15 Å². The fourth-order valence-corrected chi connectivity index (χ4v) is 4.87. The van der Waals surface area contributed by atoms with E-state index in [1.165, 1.54) is 0 Å². The second-order valence-corrected chi connectivity index (χ2v) is 7.16. The summed E-state index contributed by atoms with van der Waals surface area (Å²) in [5.41, 5.74) is 0. The lowest BCUT2D eigenvalue weighted by atomic mass is 10.2. The molecule has 2 aliphatic heterocycles. The summed E-state index contributed by atoms with van der Waals surface area (Å²) in [4.78, 5) is 0. The van der Waals surface area contributed by atoms with E-state index in [0.29, 0.717) is 13.2 Å². The molecule has 1 aromatic heterocycles. The summed E-state index contributed by atoms with van der Waals surface area (Å²) in [6.45, 7) is 1.27. The van der Waals surface area contributed by atoms with E-state index in [0.717, 1.165) is 31.4 Å². The molecule has 0 saturated carbocycles. The molecule has 106 valence electrons. The molecule has 3 rings (SSSR count). The average Bonchev–Trinajstić information content (AvgIpc) is 3.11. The predicted molar refractivity (Wildman–Crippen MR) is 70.1 cm³/mol. The first-order valence-corrected chi connectivity index (χ1v) is 8.42. The number of furan rings is 1. The maximum atomic E-state index is 12.5. The van der Waals surface area contributed by atoms with Crippen LogP contribution < -0.4 is 0 Å². The van der Waals surface area contributed by atoms with Gasteiger partial charge in [0.2, 0.25) is 10.0 Å². The summed E-state index contributed by atoms with van der Waals surface area (Å²) in [5, 5.41) is 0. The first-order valence-electron chi connectivity index (χ1n) is 6.81. The highest BCUT2D eigenvalue weighted by molar-refractivity contribution is 7.89. The van der Waals surface area contributed by atoms with Crippen LogP contribution in [0.4, 0.5) is 0 Å². The van der Waals surface area contributed by atoms with E-state index >= 15 is 0 Å². The van der Waals surface area contributed by atoms with Crippen LogP contribution in [0.25, 0.3) is 0 Å². The van der Waals surface area contributed by atoms with Crippen molar-refractivity contribution >= 4 is 10.0 Å². The van der Waals surface area contributed by atoms with Crippen LogP contribution in [0.1, 0.15) is 37.5 Å². The van der Waals surface area contributed by atoms with Crippen molar-refractivity contribution < 1.29 is 17.6 Å². The Kier molecular flexibility index (Phi) is 3.64. The summed E-state index contributed by atoms with van der Waals surface area (Å²) in [6.07, 6.45) is 4.98. The molecular formula is C13H19NO4S. The van der Waals surface area contributed by atoms with E-state index < -0.39 is 10.0 Å². The van der Waals surface area contributed by atoms with E-state index in [1.807, 2.05) is 6.07 Å². The van der Waals surface area contributed by atoms with Crippen molar-refractivity contribution in [3.8, 4) is 0 Å². The van der Waals surface area contributed by atoms with Gasteiger partial charge in [-0.2, -0.15) is 4.31 Å². The zero-order valence-corrected chi connectivity index (χ0v) is 11.6. The molecule has 3 heterocycles. The molecule has 2 unspecified atom stereocenters. The minimum atomic E-state index is -3.27. The molecule has 5 nitrogen and oxygen atoms in total. The lowest BCUT2D eigenvalue weighted by Crippen LogP contribution is -2.36. The molecule has 0 bridgehead atoms. The van der Waals surface area contributed by atoms with Gasteiger partial charge in [-0.25, -0.2) is 8.42 Å². The quantitative estimate of drug-likeness (QED) is 0.848. The maximum absolute atomic E-state index is 12.5. The van der Waals surface area contributed by atoms with Gasteiger partial charge in [0.1, 0.15) is 5.76 Å². The number of hydrogen-bond donors (Lipinski definition) is 0. The normalized spacial score (nSPS) is 29.1. The van der Waals surface area contributed by atoms with E-state index in [2.05, 4.69) is 0 Å².